The molecule has 0 atom stereocenters. The van der Waals surface area contributed by atoms with E-state index in [9.17, 15) is 9.90 Å². The minimum absolute atomic E-state index is 0.0426. The summed E-state index contributed by atoms with van der Waals surface area (Å²) >= 11 is 0. The summed E-state index contributed by atoms with van der Waals surface area (Å²) in [6.07, 6.45) is 7.73. The Hall–Kier alpha value is -3.57. The first-order chi connectivity index (χ1) is 17.7. The second-order valence-corrected chi connectivity index (χ2v) is 10.2. The molecule has 3 aromatic carbocycles. The molecule has 0 aliphatic heterocycles. The van der Waals surface area contributed by atoms with Crippen molar-refractivity contribution in [2.24, 2.45) is 5.92 Å². The van der Waals surface area contributed by atoms with Crippen molar-refractivity contribution >= 4 is 22.5 Å². The van der Waals surface area contributed by atoms with E-state index in [0.29, 0.717) is 18.2 Å². The largest absolute Gasteiger partial charge is 0.392 e. The third-order valence-electron chi connectivity index (χ3n) is 7.67. The highest BCUT2D eigenvalue weighted by Gasteiger charge is 2.25. The van der Waals surface area contributed by atoms with E-state index in [0.717, 1.165) is 58.4 Å². The van der Waals surface area contributed by atoms with Gasteiger partial charge in [-0.3, -0.25) is 4.79 Å². The zero-order valence-electron chi connectivity index (χ0n) is 20.5. The molecule has 5 nitrogen and oxygen atoms in total. The van der Waals surface area contributed by atoms with Gasteiger partial charge in [0.15, 0.2) is 5.82 Å². The SMILES string of the molecule is O=C(Cc1ccc2ccccc2c1)Nc1nc2c(nc1CC1CCCC1)-c1ccc(CO)cc1CC2. The van der Waals surface area contributed by atoms with Crippen LogP contribution in [0.1, 0.15) is 53.8 Å². The molecule has 2 aliphatic rings. The molecule has 0 saturated heterocycles. The van der Waals surface area contributed by atoms with Gasteiger partial charge in [0.25, 0.3) is 0 Å². The van der Waals surface area contributed by atoms with E-state index in [1.54, 1.807) is 0 Å². The van der Waals surface area contributed by atoms with Crippen molar-refractivity contribution in [3.8, 4) is 11.3 Å². The first-order valence-electron chi connectivity index (χ1n) is 13.1. The average Bonchev–Trinajstić information content (AvgIpc) is 3.41. The van der Waals surface area contributed by atoms with Gasteiger partial charge in [-0.15, -0.1) is 0 Å². The monoisotopic (exact) mass is 477 g/mol. The number of anilines is 1. The van der Waals surface area contributed by atoms with Crippen molar-refractivity contribution in [1.82, 2.24) is 9.97 Å². The summed E-state index contributed by atoms with van der Waals surface area (Å²) in [6.45, 7) is 0.0426. The van der Waals surface area contributed by atoms with Crippen LogP contribution < -0.4 is 5.32 Å². The Morgan fingerprint density at radius 1 is 0.917 bits per heavy atom. The number of benzene rings is 3. The molecular weight excluding hydrogens is 446 g/mol. The van der Waals surface area contributed by atoms with Gasteiger partial charge in [0.1, 0.15) is 0 Å². The number of amides is 1. The second-order valence-electron chi connectivity index (χ2n) is 10.2. The van der Waals surface area contributed by atoms with Gasteiger partial charge in [0.05, 0.1) is 30.1 Å². The van der Waals surface area contributed by atoms with Gasteiger partial charge in [-0.1, -0.05) is 86.3 Å². The number of carbonyl (C=O) groups excluding carboxylic acids is 1. The Balaban J connectivity index is 1.30. The minimum Gasteiger partial charge on any atom is -0.392 e. The maximum Gasteiger partial charge on any atom is 0.229 e. The molecule has 2 N–H and O–H groups in total. The van der Waals surface area contributed by atoms with Gasteiger partial charge in [0.2, 0.25) is 5.91 Å². The Morgan fingerprint density at radius 3 is 2.56 bits per heavy atom. The first-order valence-corrected chi connectivity index (χ1v) is 13.1. The number of nitrogens with zero attached hydrogens (tertiary/aromatic N) is 2. The number of aryl methyl sites for hydroxylation is 2. The van der Waals surface area contributed by atoms with E-state index in [1.165, 1.54) is 36.6 Å². The highest BCUT2D eigenvalue weighted by Crippen LogP contribution is 2.35. The highest BCUT2D eigenvalue weighted by molar-refractivity contribution is 5.93. The van der Waals surface area contributed by atoms with Crippen LogP contribution in [-0.2, 0) is 37.1 Å². The number of aliphatic hydroxyl groups is 1. The van der Waals surface area contributed by atoms with Gasteiger partial charge in [-0.25, -0.2) is 9.97 Å². The summed E-state index contributed by atoms with van der Waals surface area (Å²) in [5, 5.41) is 15.0. The number of nitrogens with one attached hydrogen (secondary N) is 1. The van der Waals surface area contributed by atoms with E-state index in [2.05, 4.69) is 41.7 Å². The zero-order chi connectivity index (χ0) is 24.5. The Morgan fingerprint density at radius 2 is 1.72 bits per heavy atom. The number of carbonyl (C=O) groups is 1. The smallest absolute Gasteiger partial charge is 0.229 e. The highest BCUT2D eigenvalue weighted by atomic mass is 16.3. The fourth-order valence-corrected chi connectivity index (χ4v) is 5.77. The summed E-state index contributed by atoms with van der Waals surface area (Å²) in [4.78, 5) is 23.3. The van der Waals surface area contributed by atoms with Crippen LogP contribution in [0, 0.1) is 5.92 Å². The molecular formula is C31H31N3O2. The van der Waals surface area contributed by atoms with Crippen LogP contribution in [0.4, 0.5) is 5.82 Å². The number of aliphatic hydroxyl groups excluding tert-OH is 1. The van der Waals surface area contributed by atoms with Crippen molar-refractivity contribution in [3.63, 3.8) is 0 Å². The number of hydrogen-bond acceptors (Lipinski definition) is 4. The van der Waals surface area contributed by atoms with Crippen molar-refractivity contribution in [3.05, 3.63) is 88.7 Å². The lowest BCUT2D eigenvalue weighted by Crippen LogP contribution is -2.20. The van der Waals surface area contributed by atoms with Crippen molar-refractivity contribution in [2.45, 2.75) is 58.0 Å². The summed E-state index contributed by atoms with van der Waals surface area (Å²) in [7, 11) is 0. The fraction of sp³-hybridized carbons (Fsp3) is 0.323. The van der Waals surface area contributed by atoms with Crippen LogP contribution >= 0.6 is 0 Å². The lowest BCUT2D eigenvalue weighted by Gasteiger charge is -2.22. The molecule has 1 fully saturated rings. The molecule has 1 aromatic heterocycles. The molecule has 1 heterocycles. The Labute approximate surface area is 211 Å². The molecule has 0 spiro atoms. The van der Waals surface area contributed by atoms with Crippen LogP contribution in [0.3, 0.4) is 0 Å². The molecule has 1 saturated carbocycles. The molecule has 6 rings (SSSR count). The summed E-state index contributed by atoms with van der Waals surface area (Å²) in [6, 6.07) is 20.5. The van der Waals surface area contributed by atoms with Crippen molar-refractivity contribution < 1.29 is 9.90 Å². The number of hydrogen-bond donors (Lipinski definition) is 2. The third kappa shape index (κ3) is 4.63. The number of fused-ring (bicyclic) bond motifs is 4. The quantitative estimate of drug-likeness (QED) is 0.368. The molecule has 0 unspecified atom stereocenters. The topological polar surface area (TPSA) is 75.1 Å². The Bertz CT molecular complexity index is 1440. The van der Waals surface area contributed by atoms with Gasteiger partial charge < -0.3 is 10.4 Å². The summed E-state index contributed by atoms with van der Waals surface area (Å²) in [5.41, 5.74) is 6.99. The minimum atomic E-state index is -0.0593. The van der Waals surface area contributed by atoms with Gasteiger partial charge in [0, 0.05) is 5.56 Å². The normalized spacial score (nSPS) is 15.0. The molecule has 0 radical (unpaired) electrons. The van der Waals surface area contributed by atoms with Crippen molar-refractivity contribution in [2.75, 3.05) is 5.32 Å². The van der Waals surface area contributed by atoms with Gasteiger partial charge >= 0.3 is 0 Å². The molecule has 2 aliphatic carbocycles. The maximum atomic E-state index is 13.1. The average molecular weight is 478 g/mol. The van der Waals surface area contributed by atoms with Gasteiger partial charge in [-0.2, -0.15) is 0 Å². The zero-order valence-corrected chi connectivity index (χ0v) is 20.5. The lowest BCUT2D eigenvalue weighted by molar-refractivity contribution is -0.115. The molecule has 4 aromatic rings. The Kier molecular flexibility index (Phi) is 6.24. The van der Waals surface area contributed by atoms with Crippen LogP contribution in [0.2, 0.25) is 0 Å². The standard InChI is InChI=1S/C31H31N3O2/c35-19-22-10-13-26-25(16-22)12-14-27-30(26)32-28(17-20-5-1-2-6-20)31(33-27)34-29(36)18-21-9-11-23-7-3-4-8-24(23)15-21/h3-4,7-11,13,15-16,20,35H,1-2,5-6,12,14,17-19H2,(H,33,34,36). The third-order valence-corrected chi connectivity index (χ3v) is 7.67. The van der Waals surface area contributed by atoms with E-state index >= 15 is 0 Å². The molecule has 1 amide bonds. The second kappa shape index (κ2) is 9.82. The maximum absolute atomic E-state index is 13.1. The molecule has 5 heteroatoms. The molecule has 182 valence electrons. The van der Waals surface area contributed by atoms with E-state index in [1.807, 2.05) is 24.3 Å². The van der Waals surface area contributed by atoms with E-state index in [4.69, 9.17) is 9.97 Å². The summed E-state index contributed by atoms with van der Waals surface area (Å²) in [5.74, 6) is 1.16. The summed E-state index contributed by atoms with van der Waals surface area (Å²) < 4.78 is 0. The first kappa shape index (κ1) is 22.9. The van der Waals surface area contributed by atoms with Gasteiger partial charge in [-0.05, 0) is 52.6 Å². The predicted molar refractivity (Wildman–Crippen MR) is 143 cm³/mol. The molecule has 0 bridgehead atoms. The molecule has 36 heavy (non-hydrogen) atoms. The lowest BCUT2D eigenvalue weighted by atomic mass is 9.90. The van der Waals surface area contributed by atoms with Crippen LogP contribution in [0.25, 0.3) is 22.0 Å². The van der Waals surface area contributed by atoms with Crippen LogP contribution in [0.15, 0.2) is 60.7 Å². The fourth-order valence-electron chi connectivity index (χ4n) is 5.77. The van der Waals surface area contributed by atoms with Crippen LogP contribution in [-0.4, -0.2) is 21.0 Å². The van der Waals surface area contributed by atoms with Crippen LogP contribution in [0.5, 0.6) is 0 Å². The number of aromatic nitrogens is 2. The predicted octanol–water partition coefficient (Wildman–Crippen LogP) is 5.80. The van der Waals surface area contributed by atoms with Crippen molar-refractivity contribution in [1.29, 1.82) is 0 Å². The van der Waals surface area contributed by atoms with E-state index in [-0.39, 0.29) is 12.5 Å². The van der Waals surface area contributed by atoms with E-state index < -0.39 is 0 Å². The number of rotatable bonds is 6.